The van der Waals surface area contributed by atoms with Crippen LogP contribution >= 0.6 is 11.6 Å². The van der Waals surface area contributed by atoms with E-state index in [0.29, 0.717) is 10.7 Å². The Balaban J connectivity index is 1.65. The Morgan fingerprint density at radius 3 is 2.60 bits per heavy atom. The van der Waals surface area contributed by atoms with Crippen molar-refractivity contribution in [2.75, 3.05) is 17.7 Å². The lowest BCUT2D eigenvalue weighted by Gasteiger charge is -2.10. The van der Waals surface area contributed by atoms with Crippen molar-refractivity contribution in [3.63, 3.8) is 0 Å². The summed E-state index contributed by atoms with van der Waals surface area (Å²) < 4.78 is 5.02. The molecule has 6 heteroatoms. The van der Waals surface area contributed by atoms with Crippen LogP contribution in [0.5, 0.6) is 0 Å². The van der Waals surface area contributed by atoms with E-state index in [1.54, 1.807) is 6.07 Å². The smallest absolute Gasteiger partial charge is 0.340 e. The minimum Gasteiger partial charge on any atom is -0.452 e. The van der Waals surface area contributed by atoms with Gasteiger partial charge in [0.2, 0.25) is 0 Å². The Morgan fingerprint density at radius 1 is 1.04 bits per heavy atom. The highest BCUT2D eigenvalue weighted by atomic mass is 35.5. The Labute approximate surface area is 149 Å². The first kappa shape index (κ1) is 16.8. The van der Waals surface area contributed by atoms with Gasteiger partial charge in [0.15, 0.2) is 6.61 Å². The molecule has 0 heterocycles. The molecule has 3 aromatic carbocycles. The summed E-state index contributed by atoms with van der Waals surface area (Å²) in [5.41, 5.74) is 6.76. The van der Waals surface area contributed by atoms with Crippen molar-refractivity contribution in [2.24, 2.45) is 0 Å². The van der Waals surface area contributed by atoms with Crippen molar-refractivity contribution < 1.29 is 14.3 Å². The third kappa shape index (κ3) is 3.89. The van der Waals surface area contributed by atoms with Crippen molar-refractivity contribution in [1.82, 2.24) is 0 Å². The van der Waals surface area contributed by atoms with Gasteiger partial charge in [0.1, 0.15) is 0 Å². The fourth-order valence-electron chi connectivity index (χ4n) is 2.45. The van der Waals surface area contributed by atoms with Crippen LogP contribution in [0.4, 0.5) is 11.4 Å². The van der Waals surface area contributed by atoms with Gasteiger partial charge in [0, 0.05) is 21.8 Å². The molecular formula is C19H15ClN2O3. The van der Waals surface area contributed by atoms with Crippen LogP contribution in [0.25, 0.3) is 10.8 Å². The van der Waals surface area contributed by atoms with Gasteiger partial charge in [-0.25, -0.2) is 4.79 Å². The molecule has 3 rings (SSSR count). The lowest BCUT2D eigenvalue weighted by atomic mass is 10.1. The van der Waals surface area contributed by atoms with E-state index in [-0.39, 0.29) is 11.3 Å². The van der Waals surface area contributed by atoms with Gasteiger partial charge in [-0.3, -0.25) is 4.79 Å². The number of nitrogens with two attached hydrogens (primary N) is 1. The highest BCUT2D eigenvalue weighted by Crippen LogP contribution is 2.23. The molecule has 25 heavy (non-hydrogen) atoms. The van der Waals surface area contributed by atoms with Gasteiger partial charge in [-0.05, 0) is 29.7 Å². The zero-order chi connectivity index (χ0) is 17.8. The van der Waals surface area contributed by atoms with E-state index >= 15 is 0 Å². The first-order valence-electron chi connectivity index (χ1n) is 7.54. The molecular weight excluding hydrogens is 340 g/mol. The van der Waals surface area contributed by atoms with Crippen molar-refractivity contribution in [2.45, 2.75) is 0 Å². The number of carbonyl (C=O) groups excluding carboxylic acids is 2. The van der Waals surface area contributed by atoms with Crippen molar-refractivity contribution in [3.8, 4) is 0 Å². The Kier molecular flexibility index (Phi) is 4.86. The summed E-state index contributed by atoms with van der Waals surface area (Å²) >= 11 is 5.79. The van der Waals surface area contributed by atoms with E-state index in [0.717, 1.165) is 10.8 Å². The second-order valence-corrected chi connectivity index (χ2v) is 5.82. The van der Waals surface area contributed by atoms with Crippen LogP contribution in [0.3, 0.4) is 0 Å². The molecule has 3 N–H and O–H groups in total. The number of fused-ring (bicyclic) bond motifs is 1. The lowest BCUT2D eigenvalue weighted by Crippen LogP contribution is -2.21. The molecule has 0 aliphatic carbocycles. The third-order valence-electron chi connectivity index (χ3n) is 3.63. The van der Waals surface area contributed by atoms with Gasteiger partial charge in [-0.2, -0.15) is 0 Å². The molecule has 0 saturated carbocycles. The molecule has 0 saturated heterocycles. The topological polar surface area (TPSA) is 81.4 Å². The van der Waals surface area contributed by atoms with Gasteiger partial charge in [0.25, 0.3) is 5.91 Å². The molecule has 126 valence electrons. The van der Waals surface area contributed by atoms with Crippen molar-refractivity contribution in [1.29, 1.82) is 0 Å². The average Bonchev–Trinajstić information content (AvgIpc) is 2.60. The van der Waals surface area contributed by atoms with Crippen LogP contribution in [0.2, 0.25) is 5.02 Å². The van der Waals surface area contributed by atoms with Gasteiger partial charge in [0.05, 0.1) is 5.56 Å². The minimum atomic E-state index is -0.678. The highest BCUT2D eigenvalue weighted by molar-refractivity contribution is 6.31. The number of rotatable bonds is 4. The van der Waals surface area contributed by atoms with E-state index in [1.165, 1.54) is 18.2 Å². The third-order valence-corrected chi connectivity index (χ3v) is 3.87. The average molecular weight is 355 g/mol. The van der Waals surface area contributed by atoms with Crippen LogP contribution < -0.4 is 11.1 Å². The summed E-state index contributed by atoms with van der Waals surface area (Å²) in [5.74, 6) is -1.11. The minimum absolute atomic E-state index is 0.169. The van der Waals surface area contributed by atoms with Gasteiger partial charge >= 0.3 is 5.97 Å². The number of nitrogens with one attached hydrogen (secondary N) is 1. The molecule has 0 bridgehead atoms. The maximum atomic E-state index is 12.1. The van der Waals surface area contributed by atoms with Crippen LogP contribution in [0, 0.1) is 0 Å². The zero-order valence-electron chi connectivity index (χ0n) is 13.2. The summed E-state index contributed by atoms with van der Waals surface area (Å²) in [6.07, 6.45) is 0. The van der Waals surface area contributed by atoms with E-state index in [2.05, 4.69) is 5.32 Å². The number of nitrogen functional groups attached to an aromatic ring is 1. The predicted molar refractivity (Wildman–Crippen MR) is 98.7 cm³/mol. The van der Waals surface area contributed by atoms with Crippen LogP contribution in [0.1, 0.15) is 10.4 Å². The van der Waals surface area contributed by atoms with E-state index in [4.69, 9.17) is 22.1 Å². The molecule has 0 unspecified atom stereocenters. The van der Waals surface area contributed by atoms with Crippen LogP contribution in [-0.4, -0.2) is 18.5 Å². The molecule has 5 nitrogen and oxygen atoms in total. The van der Waals surface area contributed by atoms with Crippen LogP contribution in [0.15, 0.2) is 60.7 Å². The molecule has 0 aliphatic heterocycles. The summed E-state index contributed by atoms with van der Waals surface area (Å²) in [6, 6.07) is 17.7. The maximum absolute atomic E-state index is 12.1. The quantitative estimate of drug-likeness (QED) is 0.550. The SMILES string of the molecule is Nc1cc(Cl)ccc1C(=O)OCC(=O)Nc1cccc2ccccc12. The van der Waals surface area contributed by atoms with Gasteiger partial charge in [-0.15, -0.1) is 0 Å². The van der Waals surface area contributed by atoms with Gasteiger partial charge in [-0.1, -0.05) is 48.0 Å². The number of anilines is 2. The Morgan fingerprint density at radius 2 is 1.80 bits per heavy atom. The molecule has 0 aromatic heterocycles. The fourth-order valence-corrected chi connectivity index (χ4v) is 2.63. The number of hydrogen-bond acceptors (Lipinski definition) is 4. The first-order chi connectivity index (χ1) is 12.0. The van der Waals surface area contributed by atoms with E-state index in [1.807, 2.05) is 36.4 Å². The molecule has 0 spiro atoms. The number of benzene rings is 3. The molecule has 0 atom stereocenters. The van der Waals surface area contributed by atoms with Crippen LogP contribution in [-0.2, 0) is 9.53 Å². The lowest BCUT2D eigenvalue weighted by molar-refractivity contribution is -0.119. The van der Waals surface area contributed by atoms with Crippen molar-refractivity contribution >= 4 is 45.6 Å². The van der Waals surface area contributed by atoms with E-state index < -0.39 is 18.5 Å². The Bertz CT molecular complexity index is 951. The number of carbonyl (C=O) groups is 2. The number of amides is 1. The largest absolute Gasteiger partial charge is 0.452 e. The molecule has 0 aliphatic rings. The normalized spacial score (nSPS) is 10.4. The number of esters is 1. The molecule has 3 aromatic rings. The number of halogens is 1. The monoisotopic (exact) mass is 354 g/mol. The molecule has 1 amide bonds. The highest BCUT2D eigenvalue weighted by Gasteiger charge is 2.14. The zero-order valence-corrected chi connectivity index (χ0v) is 13.9. The summed E-state index contributed by atoms with van der Waals surface area (Å²) in [4.78, 5) is 24.1. The maximum Gasteiger partial charge on any atom is 0.340 e. The number of hydrogen-bond donors (Lipinski definition) is 2. The fraction of sp³-hybridized carbons (Fsp3) is 0.0526. The second kappa shape index (κ2) is 7.23. The summed E-state index contributed by atoms with van der Waals surface area (Å²) in [7, 11) is 0. The standard InChI is InChI=1S/C19H15ClN2O3/c20-13-8-9-15(16(21)10-13)19(24)25-11-18(23)22-17-7-3-5-12-4-1-2-6-14(12)17/h1-10H,11,21H2,(H,22,23). The van der Waals surface area contributed by atoms with Gasteiger partial charge < -0.3 is 15.8 Å². The summed E-state index contributed by atoms with van der Waals surface area (Å²) in [5, 5.41) is 5.08. The number of ether oxygens (including phenoxy) is 1. The van der Waals surface area contributed by atoms with E-state index in [9.17, 15) is 9.59 Å². The predicted octanol–water partition coefficient (Wildman–Crippen LogP) is 3.87. The van der Waals surface area contributed by atoms with Crippen molar-refractivity contribution in [3.05, 3.63) is 71.2 Å². The molecule has 0 fully saturated rings. The first-order valence-corrected chi connectivity index (χ1v) is 7.92. The molecule has 0 radical (unpaired) electrons. The summed E-state index contributed by atoms with van der Waals surface area (Å²) in [6.45, 7) is -0.413. The second-order valence-electron chi connectivity index (χ2n) is 5.38. The Hall–Kier alpha value is -3.05.